The summed E-state index contributed by atoms with van der Waals surface area (Å²) < 4.78 is 5.66. The maximum atomic E-state index is 14.7. The van der Waals surface area contributed by atoms with Crippen LogP contribution in [0.4, 0.5) is 5.69 Å². The highest BCUT2D eigenvalue weighted by molar-refractivity contribution is 6.04. The molecule has 0 N–H and O–H groups in total. The summed E-state index contributed by atoms with van der Waals surface area (Å²) >= 11 is 0. The first-order chi connectivity index (χ1) is 20.4. The molecule has 4 heteroatoms. The minimum Gasteiger partial charge on any atom is -0.378 e. The van der Waals surface area contributed by atoms with Gasteiger partial charge in [-0.3, -0.25) is 9.69 Å². The number of morpholine rings is 1. The summed E-state index contributed by atoms with van der Waals surface area (Å²) in [5, 5.41) is 0. The van der Waals surface area contributed by atoms with E-state index in [1.807, 2.05) is 6.07 Å². The Bertz CT molecular complexity index is 1350. The number of ether oxygens (including phenoxy) is 1. The minimum absolute atomic E-state index is 0.0678. The molecule has 5 rings (SSSR count). The standard InChI is InChI=1S/C38H50N2O2/c1-6-9-20-37(21-10-7-2)34-26-30(36(41)38(8-3,39(4)5)28-29-14-12-11-13-15-29)16-18-32(34)33-19-17-31(27-35(33)37)40-22-24-42-25-23-40/h11-19,26-27H,6-10,20-25,28H2,1-5H3. The molecule has 224 valence electrons. The molecule has 0 bridgehead atoms. The van der Waals surface area contributed by atoms with Crippen molar-refractivity contribution in [2.75, 3.05) is 45.3 Å². The lowest BCUT2D eigenvalue weighted by Crippen LogP contribution is -2.52. The zero-order valence-corrected chi connectivity index (χ0v) is 26.5. The highest BCUT2D eigenvalue weighted by Crippen LogP contribution is 2.55. The van der Waals surface area contributed by atoms with Crippen LogP contribution in [0.3, 0.4) is 0 Å². The lowest BCUT2D eigenvalue weighted by atomic mass is 9.70. The fourth-order valence-corrected chi connectivity index (χ4v) is 7.51. The van der Waals surface area contributed by atoms with E-state index < -0.39 is 5.54 Å². The summed E-state index contributed by atoms with van der Waals surface area (Å²) in [5.74, 6) is 0.228. The van der Waals surface area contributed by atoms with Gasteiger partial charge in [-0.1, -0.05) is 95.0 Å². The molecule has 3 aromatic carbocycles. The summed E-state index contributed by atoms with van der Waals surface area (Å²) in [6.07, 6.45) is 8.36. The Balaban J connectivity index is 1.62. The number of benzene rings is 3. The van der Waals surface area contributed by atoms with Gasteiger partial charge in [0.25, 0.3) is 0 Å². The second-order valence-electron chi connectivity index (χ2n) is 12.6. The van der Waals surface area contributed by atoms with E-state index in [-0.39, 0.29) is 11.2 Å². The number of carbonyl (C=O) groups excluding carboxylic acids is 1. The van der Waals surface area contributed by atoms with Crippen molar-refractivity contribution in [2.24, 2.45) is 0 Å². The zero-order valence-electron chi connectivity index (χ0n) is 26.5. The minimum atomic E-state index is -0.597. The maximum absolute atomic E-state index is 14.7. The van der Waals surface area contributed by atoms with Crippen LogP contribution < -0.4 is 4.90 Å². The normalized spacial score (nSPS) is 17.1. The largest absolute Gasteiger partial charge is 0.378 e. The van der Waals surface area contributed by atoms with Gasteiger partial charge in [0.05, 0.1) is 18.8 Å². The fraction of sp³-hybridized carbons (Fsp3) is 0.500. The van der Waals surface area contributed by atoms with Gasteiger partial charge in [0.2, 0.25) is 0 Å². The van der Waals surface area contributed by atoms with Gasteiger partial charge in [-0.15, -0.1) is 0 Å². The van der Waals surface area contributed by atoms with E-state index in [9.17, 15) is 4.79 Å². The highest BCUT2D eigenvalue weighted by Gasteiger charge is 2.45. The quantitative estimate of drug-likeness (QED) is 0.195. The first-order valence-electron chi connectivity index (χ1n) is 16.3. The van der Waals surface area contributed by atoms with Gasteiger partial charge >= 0.3 is 0 Å². The SMILES string of the molecule is CCCCC1(CCCC)c2cc(C(=O)C(CC)(Cc3ccccc3)N(C)C)ccc2-c2ccc(N3CCOCC3)cc21. The molecule has 1 atom stereocenters. The number of nitrogens with zero attached hydrogens (tertiary/aromatic N) is 2. The smallest absolute Gasteiger partial charge is 0.183 e. The van der Waals surface area contributed by atoms with E-state index >= 15 is 0 Å². The van der Waals surface area contributed by atoms with Crippen molar-refractivity contribution < 1.29 is 9.53 Å². The van der Waals surface area contributed by atoms with Crippen LogP contribution in [0.15, 0.2) is 66.7 Å². The number of likely N-dealkylation sites (N-methyl/N-ethyl adjacent to an activating group) is 1. The van der Waals surface area contributed by atoms with Crippen LogP contribution in [-0.4, -0.2) is 56.6 Å². The average molecular weight is 567 g/mol. The van der Waals surface area contributed by atoms with E-state index in [4.69, 9.17) is 4.74 Å². The molecule has 1 saturated heterocycles. The van der Waals surface area contributed by atoms with Gasteiger partial charge in [0.15, 0.2) is 5.78 Å². The van der Waals surface area contributed by atoms with Crippen LogP contribution >= 0.6 is 0 Å². The number of rotatable bonds is 13. The number of unbranched alkanes of at least 4 members (excludes halogenated alkanes) is 2. The van der Waals surface area contributed by atoms with E-state index in [1.165, 1.54) is 46.3 Å². The molecule has 1 heterocycles. The second-order valence-corrected chi connectivity index (χ2v) is 12.6. The first kappa shape index (κ1) is 30.5. The van der Waals surface area contributed by atoms with Gasteiger partial charge in [-0.2, -0.15) is 0 Å². The first-order valence-corrected chi connectivity index (χ1v) is 16.3. The fourth-order valence-electron chi connectivity index (χ4n) is 7.51. The van der Waals surface area contributed by atoms with Crippen molar-refractivity contribution >= 4 is 11.5 Å². The molecule has 1 aliphatic heterocycles. The molecule has 3 aromatic rings. The van der Waals surface area contributed by atoms with Crippen molar-refractivity contribution in [1.29, 1.82) is 0 Å². The molecule has 1 fully saturated rings. The predicted molar refractivity (Wildman–Crippen MR) is 176 cm³/mol. The van der Waals surface area contributed by atoms with E-state index in [0.717, 1.165) is 64.0 Å². The Hall–Kier alpha value is -2.95. The Labute approximate surface area is 254 Å². The van der Waals surface area contributed by atoms with Crippen LogP contribution in [-0.2, 0) is 16.6 Å². The molecular weight excluding hydrogens is 516 g/mol. The molecule has 1 unspecified atom stereocenters. The Morgan fingerprint density at radius 1 is 0.857 bits per heavy atom. The third-order valence-corrected chi connectivity index (χ3v) is 10.1. The van der Waals surface area contributed by atoms with Gasteiger partial charge in [-0.25, -0.2) is 0 Å². The van der Waals surface area contributed by atoms with E-state index in [0.29, 0.717) is 6.42 Å². The van der Waals surface area contributed by atoms with Crippen molar-refractivity contribution in [3.63, 3.8) is 0 Å². The summed E-state index contributed by atoms with van der Waals surface area (Å²) in [6, 6.07) is 24.3. The third-order valence-electron chi connectivity index (χ3n) is 10.1. The number of fused-ring (bicyclic) bond motifs is 3. The van der Waals surface area contributed by atoms with Crippen molar-refractivity contribution in [2.45, 2.75) is 83.1 Å². The lowest BCUT2D eigenvalue weighted by molar-refractivity contribution is 0.0666. The number of carbonyl (C=O) groups is 1. The van der Waals surface area contributed by atoms with Crippen LogP contribution in [0.5, 0.6) is 0 Å². The summed E-state index contributed by atoms with van der Waals surface area (Å²) in [6.45, 7) is 10.2. The second kappa shape index (κ2) is 13.1. The molecule has 0 saturated carbocycles. The summed E-state index contributed by atoms with van der Waals surface area (Å²) in [7, 11) is 4.13. The van der Waals surface area contributed by atoms with Crippen LogP contribution in [0.2, 0.25) is 0 Å². The number of hydrogen-bond acceptors (Lipinski definition) is 4. The summed E-state index contributed by atoms with van der Waals surface area (Å²) in [4.78, 5) is 19.3. The highest BCUT2D eigenvalue weighted by atomic mass is 16.5. The van der Waals surface area contributed by atoms with Gasteiger partial charge in [0, 0.05) is 29.8 Å². The molecule has 0 aromatic heterocycles. The molecule has 42 heavy (non-hydrogen) atoms. The van der Waals surface area contributed by atoms with Crippen molar-refractivity contribution in [3.8, 4) is 11.1 Å². The Morgan fingerprint density at radius 2 is 1.48 bits per heavy atom. The number of hydrogen-bond donors (Lipinski definition) is 0. The predicted octanol–water partition coefficient (Wildman–Crippen LogP) is 8.31. The average Bonchev–Trinajstić information content (AvgIpc) is 3.30. The zero-order chi connectivity index (χ0) is 29.7. The van der Waals surface area contributed by atoms with Crippen molar-refractivity contribution in [1.82, 2.24) is 4.90 Å². The number of ketones is 1. The molecule has 1 aliphatic carbocycles. The molecular formula is C38H50N2O2. The molecule has 4 nitrogen and oxygen atoms in total. The topological polar surface area (TPSA) is 32.8 Å². The van der Waals surface area contributed by atoms with Crippen molar-refractivity contribution in [3.05, 3.63) is 89.0 Å². The maximum Gasteiger partial charge on any atom is 0.183 e. The van der Waals surface area contributed by atoms with Crippen LogP contribution in [0, 0.1) is 0 Å². The van der Waals surface area contributed by atoms with Gasteiger partial charge in [0.1, 0.15) is 0 Å². The van der Waals surface area contributed by atoms with E-state index in [2.05, 4.69) is 105 Å². The molecule has 0 radical (unpaired) electrons. The van der Waals surface area contributed by atoms with Crippen LogP contribution in [0.25, 0.3) is 11.1 Å². The molecule has 0 spiro atoms. The Morgan fingerprint density at radius 3 is 2.07 bits per heavy atom. The Kier molecular flexibility index (Phi) is 9.54. The van der Waals surface area contributed by atoms with E-state index in [1.54, 1.807) is 0 Å². The van der Waals surface area contributed by atoms with Gasteiger partial charge in [-0.05, 0) is 85.8 Å². The number of Topliss-reactive ketones (excluding diaryl/α,β-unsaturated/α-hetero) is 1. The van der Waals surface area contributed by atoms with Gasteiger partial charge < -0.3 is 9.64 Å². The molecule has 0 amide bonds. The monoisotopic (exact) mass is 566 g/mol. The number of anilines is 1. The third kappa shape index (κ3) is 5.56. The van der Waals surface area contributed by atoms with Crippen LogP contribution in [0.1, 0.15) is 92.8 Å². The lowest BCUT2D eigenvalue weighted by Gasteiger charge is -2.39. The summed E-state index contributed by atoms with van der Waals surface area (Å²) in [5.41, 5.74) is 8.19. The molecule has 2 aliphatic rings.